The second-order valence-corrected chi connectivity index (χ2v) is 9.29. The Balaban J connectivity index is 2.06. The van der Waals surface area contributed by atoms with Crippen LogP contribution in [0.2, 0.25) is 0 Å². The van der Waals surface area contributed by atoms with E-state index in [9.17, 15) is 14.4 Å². The Bertz CT molecular complexity index is 1200. The maximum absolute atomic E-state index is 14.9. The van der Waals surface area contributed by atoms with Gasteiger partial charge in [-0.05, 0) is 48.9 Å². The van der Waals surface area contributed by atoms with Gasteiger partial charge in [0.25, 0.3) is 0 Å². The Labute approximate surface area is 182 Å². The van der Waals surface area contributed by atoms with Gasteiger partial charge in [-0.3, -0.25) is 9.69 Å². The molecular formula is C26H26FN3O. The lowest BCUT2D eigenvalue weighted by molar-refractivity contribution is -0.118. The number of hydrogen-bond acceptors (Lipinski definition) is 4. The van der Waals surface area contributed by atoms with Gasteiger partial charge < -0.3 is 5.73 Å². The molecule has 2 N–H and O–H groups in total. The molecule has 1 heterocycles. The largest absolute Gasteiger partial charge is 0.384 e. The Kier molecular flexibility index (Phi) is 4.97. The third kappa shape index (κ3) is 3.42. The highest BCUT2D eigenvalue weighted by Crippen LogP contribution is 2.50. The minimum absolute atomic E-state index is 0.0151. The summed E-state index contributed by atoms with van der Waals surface area (Å²) in [5, 5.41) is 10.1. The van der Waals surface area contributed by atoms with Crippen molar-refractivity contribution in [3.05, 3.63) is 87.6 Å². The molecule has 0 bridgehead atoms. The van der Waals surface area contributed by atoms with E-state index < -0.39 is 11.7 Å². The first kappa shape index (κ1) is 20.9. The molecule has 2 aromatic carbocycles. The van der Waals surface area contributed by atoms with Gasteiger partial charge in [-0.1, -0.05) is 49.7 Å². The number of carbonyl (C=O) groups is 1. The molecule has 0 spiro atoms. The van der Waals surface area contributed by atoms with Crippen molar-refractivity contribution in [2.24, 2.45) is 11.1 Å². The molecule has 2 aliphatic rings. The fraction of sp³-hybridized carbons (Fsp3) is 0.308. The van der Waals surface area contributed by atoms with E-state index in [0.717, 1.165) is 16.7 Å². The highest BCUT2D eigenvalue weighted by atomic mass is 19.1. The SMILES string of the molecule is Cc1ccc(C)c(C2C(C#N)=C(N)N(c3ccccc3F)C3=C2C(=O)CC(C)(C)C3)c1. The number of benzene rings is 2. The first-order valence-corrected chi connectivity index (χ1v) is 10.4. The zero-order valence-electron chi connectivity index (χ0n) is 18.3. The van der Waals surface area contributed by atoms with Crippen LogP contribution in [-0.2, 0) is 4.79 Å². The van der Waals surface area contributed by atoms with Crippen molar-refractivity contribution in [1.82, 2.24) is 0 Å². The van der Waals surface area contributed by atoms with Crippen LogP contribution >= 0.6 is 0 Å². The standard InChI is InChI=1S/C26H26FN3O/c1-15-9-10-16(2)17(11-15)23-18(14-28)25(29)30(20-8-6-5-7-19(20)27)21-12-26(3,4)13-22(31)24(21)23/h5-11,23H,12-13,29H2,1-4H3. The van der Waals surface area contributed by atoms with Crippen LogP contribution in [0.4, 0.5) is 10.1 Å². The molecule has 0 radical (unpaired) electrons. The predicted octanol–water partition coefficient (Wildman–Crippen LogP) is 5.38. The van der Waals surface area contributed by atoms with Gasteiger partial charge in [-0.2, -0.15) is 5.26 Å². The highest BCUT2D eigenvalue weighted by molar-refractivity contribution is 6.01. The molecule has 0 amide bonds. The number of nitrogens with two attached hydrogens (primary N) is 1. The number of allylic oxidation sites excluding steroid dienone is 3. The monoisotopic (exact) mass is 415 g/mol. The van der Waals surface area contributed by atoms with Crippen molar-refractivity contribution in [2.75, 3.05) is 4.90 Å². The molecule has 5 heteroatoms. The van der Waals surface area contributed by atoms with E-state index >= 15 is 0 Å². The quantitative estimate of drug-likeness (QED) is 0.715. The summed E-state index contributed by atoms with van der Waals surface area (Å²) < 4.78 is 14.9. The second-order valence-electron chi connectivity index (χ2n) is 9.29. The van der Waals surface area contributed by atoms with Crippen LogP contribution < -0.4 is 10.6 Å². The van der Waals surface area contributed by atoms with Gasteiger partial charge in [-0.15, -0.1) is 0 Å². The van der Waals surface area contributed by atoms with Crippen molar-refractivity contribution in [3.63, 3.8) is 0 Å². The molecule has 0 saturated heterocycles. The molecule has 0 saturated carbocycles. The molecule has 1 unspecified atom stereocenters. The second kappa shape index (κ2) is 7.39. The first-order chi connectivity index (χ1) is 14.6. The van der Waals surface area contributed by atoms with Crippen LogP contribution in [0.5, 0.6) is 0 Å². The van der Waals surface area contributed by atoms with E-state index in [-0.39, 0.29) is 28.3 Å². The fourth-order valence-electron chi connectivity index (χ4n) is 4.80. The van der Waals surface area contributed by atoms with Crippen LogP contribution in [0.25, 0.3) is 0 Å². The molecular weight excluding hydrogens is 389 g/mol. The summed E-state index contributed by atoms with van der Waals surface area (Å²) in [5.41, 5.74) is 11.0. The molecule has 1 aliphatic heterocycles. The number of para-hydroxylation sites is 1. The molecule has 4 rings (SSSR count). The number of anilines is 1. The number of Topliss-reactive ketones (excluding diaryl/α,β-unsaturated/α-hetero) is 1. The van der Waals surface area contributed by atoms with Crippen LogP contribution in [0.1, 0.15) is 49.3 Å². The van der Waals surface area contributed by atoms with Crippen molar-refractivity contribution < 1.29 is 9.18 Å². The number of aryl methyl sites for hydroxylation is 2. The Morgan fingerprint density at radius 1 is 1.16 bits per heavy atom. The highest BCUT2D eigenvalue weighted by Gasteiger charge is 2.45. The summed E-state index contributed by atoms with van der Waals surface area (Å²) in [6.07, 6.45) is 0.931. The minimum atomic E-state index is -0.550. The zero-order valence-corrected chi connectivity index (χ0v) is 18.3. The molecule has 158 valence electrons. The molecule has 2 aromatic rings. The van der Waals surface area contributed by atoms with Crippen LogP contribution in [0.15, 0.2) is 65.1 Å². The summed E-state index contributed by atoms with van der Waals surface area (Å²) in [6.45, 7) is 8.01. The average molecular weight is 416 g/mol. The van der Waals surface area contributed by atoms with Gasteiger partial charge in [0.05, 0.1) is 23.2 Å². The van der Waals surface area contributed by atoms with Crippen molar-refractivity contribution in [1.29, 1.82) is 5.26 Å². The summed E-state index contributed by atoms with van der Waals surface area (Å²) >= 11 is 0. The lowest BCUT2D eigenvalue weighted by atomic mass is 9.68. The lowest BCUT2D eigenvalue weighted by Gasteiger charge is -2.44. The Morgan fingerprint density at radius 2 is 1.87 bits per heavy atom. The van der Waals surface area contributed by atoms with Gasteiger partial charge in [0.15, 0.2) is 5.78 Å². The Morgan fingerprint density at radius 3 is 2.55 bits per heavy atom. The van der Waals surface area contributed by atoms with E-state index in [4.69, 9.17) is 5.73 Å². The van der Waals surface area contributed by atoms with Crippen molar-refractivity contribution in [2.45, 2.75) is 46.5 Å². The number of nitriles is 1. The van der Waals surface area contributed by atoms with Crippen molar-refractivity contribution >= 4 is 11.5 Å². The maximum Gasteiger partial charge on any atom is 0.162 e. The lowest BCUT2D eigenvalue weighted by Crippen LogP contribution is -2.42. The van der Waals surface area contributed by atoms with Gasteiger partial charge in [-0.25, -0.2) is 4.39 Å². The number of rotatable bonds is 2. The van der Waals surface area contributed by atoms with Crippen LogP contribution in [0, 0.1) is 36.4 Å². The van der Waals surface area contributed by atoms with E-state index in [2.05, 4.69) is 6.07 Å². The van der Waals surface area contributed by atoms with Crippen LogP contribution in [0.3, 0.4) is 0 Å². The van der Waals surface area contributed by atoms with E-state index in [1.807, 2.05) is 45.9 Å². The topological polar surface area (TPSA) is 70.1 Å². The molecule has 0 aromatic heterocycles. The predicted molar refractivity (Wildman–Crippen MR) is 119 cm³/mol. The molecule has 1 atom stereocenters. The number of hydrogen-bond donors (Lipinski definition) is 1. The van der Waals surface area contributed by atoms with E-state index in [0.29, 0.717) is 24.1 Å². The van der Waals surface area contributed by atoms with Gasteiger partial charge >= 0.3 is 0 Å². The first-order valence-electron chi connectivity index (χ1n) is 10.4. The van der Waals surface area contributed by atoms with Gasteiger partial charge in [0, 0.05) is 17.7 Å². The number of ketones is 1. The van der Waals surface area contributed by atoms with Gasteiger partial charge in [0.1, 0.15) is 11.6 Å². The summed E-state index contributed by atoms with van der Waals surface area (Å²) in [7, 11) is 0. The zero-order chi connectivity index (χ0) is 22.5. The summed E-state index contributed by atoms with van der Waals surface area (Å²) in [6, 6.07) is 14.6. The van der Waals surface area contributed by atoms with Gasteiger partial charge in [0.2, 0.25) is 0 Å². The summed E-state index contributed by atoms with van der Waals surface area (Å²) in [5.74, 6) is -0.830. The minimum Gasteiger partial charge on any atom is -0.384 e. The molecule has 0 fully saturated rings. The molecule has 1 aliphatic carbocycles. The van der Waals surface area contributed by atoms with E-state index in [1.165, 1.54) is 6.07 Å². The van der Waals surface area contributed by atoms with Crippen molar-refractivity contribution in [3.8, 4) is 6.07 Å². The normalized spacial score (nSPS) is 20.6. The Hall–Kier alpha value is -3.39. The van der Waals surface area contributed by atoms with Crippen LogP contribution in [-0.4, -0.2) is 5.78 Å². The smallest absolute Gasteiger partial charge is 0.162 e. The number of carbonyl (C=O) groups excluding carboxylic acids is 1. The maximum atomic E-state index is 14.9. The fourth-order valence-corrected chi connectivity index (χ4v) is 4.80. The number of halogens is 1. The summed E-state index contributed by atoms with van der Waals surface area (Å²) in [4.78, 5) is 15.1. The molecule has 4 nitrogen and oxygen atoms in total. The molecule has 31 heavy (non-hydrogen) atoms. The number of nitrogens with zero attached hydrogens (tertiary/aromatic N) is 2. The van der Waals surface area contributed by atoms with E-state index in [1.54, 1.807) is 23.1 Å². The third-order valence-corrected chi connectivity index (χ3v) is 6.22. The third-order valence-electron chi connectivity index (χ3n) is 6.22. The average Bonchev–Trinajstić information content (AvgIpc) is 2.69.